The Morgan fingerprint density at radius 3 is 3.06 bits per heavy atom. The molecule has 1 aromatic rings. The fourth-order valence-corrected chi connectivity index (χ4v) is 2.61. The number of likely N-dealkylation sites (tertiary alicyclic amines) is 1. The van der Waals surface area contributed by atoms with Gasteiger partial charge in [0.05, 0.1) is 18.8 Å². The second kappa shape index (κ2) is 4.98. The van der Waals surface area contributed by atoms with Gasteiger partial charge in [-0.1, -0.05) is 30.3 Å². The molecule has 2 saturated heterocycles. The maximum atomic E-state index is 12.0. The zero-order chi connectivity index (χ0) is 12.4. The average molecular weight is 247 g/mol. The Bertz CT molecular complexity index is 420. The van der Waals surface area contributed by atoms with Crippen LogP contribution < -0.4 is 0 Å². The van der Waals surface area contributed by atoms with Crippen LogP contribution in [0.25, 0.3) is 0 Å². The number of nitrogens with zero attached hydrogens (tertiary/aromatic N) is 1. The van der Waals surface area contributed by atoms with E-state index >= 15 is 0 Å². The van der Waals surface area contributed by atoms with Crippen molar-refractivity contribution < 1.29 is 14.3 Å². The first-order valence-corrected chi connectivity index (χ1v) is 6.42. The van der Waals surface area contributed by atoms with E-state index in [2.05, 4.69) is 0 Å². The summed E-state index contributed by atoms with van der Waals surface area (Å²) < 4.78 is 10.9. The zero-order valence-corrected chi connectivity index (χ0v) is 10.2. The molecule has 0 N–H and O–H groups in total. The van der Waals surface area contributed by atoms with E-state index in [1.165, 1.54) is 0 Å². The van der Waals surface area contributed by atoms with E-state index in [1.54, 1.807) is 0 Å². The van der Waals surface area contributed by atoms with Gasteiger partial charge in [0.25, 0.3) is 0 Å². The molecular formula is C14H17NO3. The summed E-state index contributed by atoms with van der Waals surface area (Å²) in [4.78, 5) is 13.8. The first-order chi connectivity index (χ1) is 8.83. The Kier molecular flexibility index (Phi) is 3.19. The highest BCUT2D eigenvalue weighted by atomic mass is 16.6. The molecule has 4 heteroatoms. The summed E-state index contributed by atoms with van der Waals surface area (Å²) in [6, 6.07) is 9.97. The van der Waals surface area contributed by atoms with Crippen LogP contribution in [0.4, 0.5) is 4.79 Å². The van der Waals surface area contributed by atoms with Crippen LogP contribution in [0.15, 0.2) is 30.3 Å². The minimum absolute atomic E-state index is 0.215. The van der Waals surface area contributed by atoms with Gasteiger partial charge >= 0.3 is 6.09 Å². The van der Waals surface area contributed by atoms with Crippen molar-refractivity contribution in [1.29, 1.82) is 0 Å². The number of ether oxygens (including phenoxy) is 2. The highest BCUT2D eigenvalue weighted by Gasteiger charge is 2.38. The molecule has 0 saturated carbocycles. The van der Waals surface area contributed by atoms with Crippen molar-refractivity contribution in [3.05, 3.63) is 35.9 Å². The average Bonchev–Trinajstić information content (AvgIpc) is 2.79. The number of fused-ring (bicyclic) bond motifs is 2. The molecular weight excluding hydrogens is 230 g/mol. The Morgan fingerprint density at radius 1 is 1.39 bits per heavy atom. The Hall–Kier alpha value is -1.55. The van der Waals surface area contributed by atoms with Gasteiger partial charge in [0.1, 0.15) is 6.61 Å². The minimum atomic E-state index is -0.215. The van der Waals surface area contributed by atoms with Crippen molar-refractivity contribution in [3.8, 4) is 0 Å². The summed E-state index contributed by atoms with van der Waals surface area (Å²) >= 11 is 0. The van der Waals surface area contributed by atoms with Crippen molar-refractivity contribution in [2.45, 2.75) is 31.6 Å². The van der Waals surface area contributed by atoms with Gasteiger partial charge in [-0.2, -0.15) is 0 Å². The predicted octanol–water partition coefficient (Wildman–Crippen LogP) is 2.19. The van der Waals surface area contributed by atoms with Gasteiger partial charge in [0.2, 0.25) is 0 Å². The molecule has 0 spiro atoms. The van der Waals surface area contributed by atoms with E-state index in [1.807, 2.05) is 35.2 Å². The molecule has 1 aromatic carbocycles. The van der Waals surface area contributed by atoms with Crippen molar-refractivity contribution >= 4 is 6.09 Å². The SMILES string of the molecule is O=C(OCc1ccccc1)N1CC[C@H]2C[C@@H]1CO2. The van der Waals surface area contributed by atoms with E-state index in [9.17, 15) is 4.79 Å². The first kappa shape index (κ1) is 11.5. The molecule has 2 aliphatic heterocycles. The van der Waals surface area contributed by atoms with Crippen LogP contribution in [0.3, 0.4) is 0 Å². The Morgan fingerprint density at radius 2 is 2.22 bits per heavy atom. The Labute approximate surface area is 106 Å². The molecule has 1 amide bonds. The highest BCUT2D eigenvalue weighted by molar-refractivity contribution is 5.68. The van der Waals surface area contributed by atoms with Crippen LogP contribution in [-0.4, -0.2) is 36.3 Å². The smallest absolute Gasteiger partial charge is 0.410 e. The summed E-state index contributed by atoms with van der Waals surface area (Å²) in [5.41, 5.74) is 1.02. The summed E-state index contributed by atoms with van der Waals surface area (Å²) in [6.45, 7) is 1.75. The molecule has 0 aromatic heterocycles. The second-order valence-corrected chi connectivity index (χ2v) is 4.87. The predicted molar refractivity (Wildman–Crippen MR) is 66.1 cm³/mol. The maximum Gasteiger partial charge on any atom is 0.410 e. The van der Waals surface area contributed by atoms with E-state index in [0.29, 0.717) is 19.3 Å². The van der Waals surface area contributed by atoms with E-state index in [-0.39, 0.29) is 12.1 Å². The third-order valence-electron chi connectivity index (χ3n) is 3.63. The largest absolute Gasteiger partial charge is 0.445 e. The molecule has 0 aliphatic carbocycles. The monoisotopic (exact) mass is 247 g/mol. The fourth-order valence-electron chi connectivity index (χ4n) is 2.61. The molecule has 2 fully saturated rings. The summed E-state index contributed by atoms with van der Waals surface area (Å²) in [7, 11) is 0. The molecule has 2 heterocycles. The summed E-state index contributed by atoms with van der Waals surface area (Å²) in [5.74, 6) is 0. The molecule has 2 aliphatic rings. The van der Waals surface area contributed by atoms with Gasteiger partial charge in [-0.25, -0.2) is 4.79 Å². The van der Waals surface area contributed by atoms with Crippen LogP contribution >= 0.6 is 0 Å². The lowest BCUT2D eigenvalue weighted by molar-refractivity contribution is 0.0754. The van der Waals surface area contributed by atoms with Crippen LogP contribution in [-0.2, 0) is 16.1 Å². The number of rotatable bonds is 2. The molecule has 0 unspecified atom stereocenters. The molecule has 0 radical (unpaired) electrons. The lowest BCUT2D eigenvalue weighted by Gasteiger charge is -2.30. The van der Waals surface area contributed by atoms with Crippen molar-refractivity contribution in [1.82, 2.24) is 4.90 Å². The van der Waals surface area contributed by atoms with Crippen molar-refractivity contribution in [3.63, 3.8) is 0 Å². The van der Waals surface area contributed by atoms with Crippen molar-refractivity contribution in [2.75, 3.05) is 13.2 Å². The maximum absolute atomic E-state index is 12.0. The van der Waals surface area contributed by atoms with Crippen LogP contribution in [0.5, 0.6) is 0 Å². The second-order valence-electron chi connectivity index (χ2n) is 4.87. The van der Waals surface area contributed by atoms with Gasteiger partial charge in [-0.05, 0) is 18.4 Å². The van der Waals surface area contributed by atoms with Gasteiger partial charge in [0, 0.05) is 6.54 Å². The molecule has 2 atom stereocenters. The van der Waals surface area contributed by atoms with Gasteiger partial charge in [-0.15, -0.1) is 0 Å². The lowest BCUT2D eigenvalue weighted by Crippen LogP contribution is -2.44. The van der Waals surface area contributed by atoms with Crippen LogP contribution in [0.2, 0.25) is 0 Å². The molecule has 18 heavy (non-hydrogen) atoms. The van der Waals surface area contributed by atoms with Crippen molar-refractivity contribution in [2.24, 2.45) is 0 Å². The lowest BCUT2D eigenvalue weighted by atomic mass is 10.0. The van der Waals surface area contributed by atoms with Crippen LogP contribution in [0.1, 0.15) is 18.4 Å². The summed E-state index contributed by atoms with van der Waals surface area (Å²) in [6.07, 6.45) is 2.03. The van der Waals surface area contributed by atoms with Gasteiger partial charge < -0.3 is 14.4 Å². The number of benzene rings is 1. The van der Waals surface area contributed by atoms with Gasteiger partial charge in [0.15, 0.2) is 0 Å². The van der Waals surface area contributed by atoms with Gasteiger partial charge in [-0.3, -0.25) is 0 Å². The number of hydrogen-bond acceptors (Lipinski definition) is 3. The normalized spacial score (nSPS) is 26.1. The standard InChI is InChI=1S/C14H17NO3/c16-14(18-9-11-4-2-1-3-5-11)15-7-6-13-8-12(15)10-17-13/h1-5,12-13H,6-10H2/t12-,13+/m1/s1. The van der Waals surface area contributed by atoms with E-state index < -0.39 is 0 Å². The quantitative estimate of drug-likeness (QED) is 0.804. The third kappa shape index (κ3) is 2.34. The molecule has 2 bridgehead atoms. The van der Waals surface area contributed by atoms with E-state index in [0.717, 1.165) is 24.9 Å². The Balaban J connectivity index is 1.55. The molecule has 96 valence electrons. The zero-order valence-electron chi connectivity index (χ0n) is 10.2. The third-order valence-corrected chi connectivity index (χ3v) is 3.63. The first-order valence-electron chi connectivity index (χ1n) is 6.42. The highest BCUT2D eigenvalue weighted by Crippen LogP contribution is 2.27. The topological polar surface area (TPSA) is 38.8 Å². The number of amides is 1. The number of piperidine rings is 1. The van der Waals surface area contributed by atoms with E-state index in [4.69, 9.17) is 9.47 Å². The van der Waals surface area contributed by atoms with Crippen LogP contribution in [0, 0.1) is 0 Å². The molecule has 3 rings (SSSR count). The summed E-state index contributed by atoms with van der Waals surface area (Å²) in [5, 5.41) is 0. The number of carbonyl (C=O) groups is 1. The number of hydrogen-bond donors (Lipinski definition) is 0. The fraction of sp³-hybridized carbons (Fsp3) is 0.500. The molecule has 4 nitrogen and oxygen atoms in total. The number of carbonyl (C=O) groups excluding carboxylic acids is 1. The minimum Gasteiger partial charge on any atom is -0.445 e.